The van der Waals surface area contributed by atoms with Gasteiger partial charge in [0.15, 0.2) is 0 Å². The highest BCUT2D eigenvalue weighted by molar-refractivity contribution is 6.02. The number of aromatic nitrogens is 5. The predicted octanol–water partition coefficient (Wildman–Crippen LogP) is 0.109. The van der Waals surface area contributed by atoms with Crippen LogP contribution in [-0.4, -0.2) is 248 Å². The number of nitrogens with two attached hydrogens (primary N) is 2. The van der Waals surface area contributed by atoms with Gasteiger partial charge in [-0.1, -0.05) is 140 Å². The number of carbonyl (C=O) groups is 16. The number of nitrogens with one attached hydrogen (secondary N) is 16. The number of phenolic OH excluding ortho intramolecular Hbond substituents is 2. The number of aliphatic carboxylic acids is 2. The molecule has 14 amide bonds. The van der Waals surface area contributed by atoms with Gasteiger partial charge >= 0.3 is 11.9 Å². The Morgan fingerprint density at radius 3 is 1.22 bits per heavy atom. The maximum absolute atomic E-state index is 15.5. The van der Waals surface area contributed by atoms with Gasteiger partial charge in [-0.15, -0.1) is 0 Å². The van der Waals surface area contributed by atoms with E-state index < -0.39 is 205 Å². The molecule has 5 heterocycles. The number of fused-ring (bicyclic) bond motifs is 3. The predicted molar refractivity (Wildman–Crippen MR) is 500 cm³/mol. The van der Waals surface area contributed by atoms with Crippen LogP contribution in [0.3, 0.4) is 0 Å². The normalized spacial score (nSPS) is 15.2. The van der Waals surface area contributed by atoms with Gasteiger partial charge in [-0.25, -0.2) is 9.78 Å². The van der Waals surface area contributed by atoms with Crippen LogP contribution in [0.5, 0.6) is 11.5 Å². The molecule has 1 aliphatic rings. The number of H-pyrrole nitrogens is 4. The zero-order chi connectivity index (χ0) is 98.8. The van der Waals surface area contributed by atoms with Crippen molar-refractivity contribution in [3.05, 3.63) is 258 Å². The number of aliphatic hydroxyl groups is 1. The van der Waals surface area contributed by atoms with Gasteiger partial charge in [-0.3, -0.25) is 71.9 Å². The van der Waals surface area contributed by atoms with Gasteiger partial charge in [0.25, 0.3) is 0 Å². The standard InChI is InChI=1S/C97H108N20O21/c1-52(106-95(135)84(53(2)118)116-82(122)50-104-86(126)76(43-61-49-100-51-105-61)107-85(125)67(98)40-58-46-101-68-23-12-9-20-64(58)68)96(136)117-35-15-26-80(117)94(134)114-78(45-83(123)124)93(133)112-75(41-59-47-102-69-24-13-10-21-65(59)69)91(131)110-71(36-54-16-5-3-6-17-54)87(127)108-72(37-55-18-7-4-8-19-55)89(129)113-77(44-81(99)121)92(132)111-73(38-56-27-31-62(119)32-28-56)88(128)109-74(39-57-29-33-63(120)34-30-57)90(130)115-79(97(137)138)42-60-48-103-70-25-14-11-22-66(60)70/h3-14,16-25,27-34,46-49,51-53,67,71-80,84,101-103,118-120H,15,26,35-45,50,98H2,1-2H3,(H2,99,121)(H,100,105)(H,104,126)(H,106,135)(H,107,125)(H,108,127)(H,109,128)(H,110,131)(H,111,132)(H,112,133)(H,113,129)(H,114,134)(H,115,130)(H,116,122)(H,123,124)(H,137,138)/t52-,53+,67-,71-,72-,73-,74-,75-,76-,77-,78+,79-,80+,84-/m0/s1. The number of carboxylic acid groups (broad SMARTS) is 2. The number of carbonyl (C=O) groups excluding carboxylic acids is 14. The zero-order valence-corrected chi connectivity index (χ0v) is 75.0. The Bertz CT molecular complexity index is 6210. The number of aromatic amines is 4. The summed E-state index contributed by atoms with van der Waals surface area (Å²) in [5.74, 6) is -17.7. The molecule has 25 N–H and O–H groups in total. The van der Waals surface area contributed by atoms with Crippen molar-refractivity contribution >= 4 is 127 Å². The lowest BCUT2D eigenvalue weighted by Crippen LogP contribution is -2.62. The number of rotatable bonds is 47. The molecule has 0 radical (unpaired) electrons. The number of nitrogens with zero attached hydrogens (tertiary/aromatic N) is 2. The van der Waals surface area contributed by atoms with Gasteiger partial charge < -0.3 is 126 Å². The van der Waals surface area contributed by atoms with Crippen molar-refractivity contribution in [3.63, 3.8) is 0 Å². The molecule has 0 spiro atoms. The number of hydrogen-bond acceptors (Lipinski definition) is 21. The van der Waals surface area contributed by atoms with E-state index in [9.17, 15) is 78.3 Å². The van der Waals surface area contributed by atoms with Crippen LogP contribution >= 0.6 is 0 Å². The minimum absolute atomic E-state index is 0.0510. The molecule has 41 nitrogen and oxygen atoms in total. The van der Waals surface area contributed by atoms with Crippen LogP contribution in [0.25, 0.3) is 32.7 Å². The van der Waals surface area contributed by atoms with Crippen LogP contribution in [0, 0.1) is 0 Å². The number of carboxylic acids is 2. The third-order valence-electron chi connectivity index (χ3n) is 23.5. The molecule has 7 aromatic carbocycles. The van der Waals surface area contributed by atoms with Gasteiger partial charge in [0.05, 0.1) is 37.9 Å². The number of aliphatic hydroxyl groups excluding tert-OH is 1. The Morgan fingerprint density at radius 2 is 0.797 bits per heavy atom. The van der Waals surface area contributed by atoms with Crippen molar-refractivity contribution in [2.45, 2.75) is 176 Å². The van der Waals surface area contributed by atoms with E-state index >= 15 is 24.0 Å². The summed E-state index contributed by atoms with van der Waals surface area (Å²) in [6, 6.07) is 27.6. The summed E-state index contributed by atoms with van der Waals surface area (Å²) in [5.41, 5.74) is 18.0. The third kappa shape index (κ3) is 27.8. The molecule has 138 heavy (non-hydrogen) atoms. The highest BCUT2D eigenvalue weighted by Crippen LogP contribution is 2.26. The molecule has 12 rings (SSSR count). The lowest BCUT2D eigenvalue weighted by molar-refractivity contribution is -0.144. The zero-order valence-electron chi connectivity index (χ0n) is 75.0. The first-order chi connectivity index (χ1) is 66.2. The average molecular weight is 1890 g/mol. The molecule has 4 aromatic heterocycles. The highest BCUT2D eigenvalue weighted by atomic mass is 16.4. The fourth-order valence-electron chi connectivity index (χ4n) is 16.3. The summed E-state index contributed by atoms with van der Waals surface area (Å²) in [4.78, 5) is 246. The fraction of sp³-hybridized carbons (Fsp3) is 0.309. The molecule has 0 saturated carbocycles. The van der Waals surface area contributed by atoms with Crippen molar-refractivity contribution < 1.29 is 102 Å². The number of hydrogen-bond donors (Lipinski definition) is 23. The van der Waals surface area contributed by atoms with E-state index in [1.54, 1.807) is 128 Å². The number of likely N-dealkylation sites (tertiary alicyclic amines) is 1. The average Bonchev–Trinajstić information content (AvgIpc) is 1.67. The Balaban J connectivity index is 0.730. The fourth-order valence-corrected chi connectivity index (χ4v) is 16.3. The molecule has 41 heteroatoms. The quantitative estimate of drug-likeness (QED) is 0.0241. The number of primary amides is 1. The van der Waals surface area contributed by atoms with Gasteiger partial charge in [0.2, 0.25) is 82.7 Å². The second kappa shape index (κ2) is 47.4. The van der Waals surface area contributed by atoms with Crippen LogP contribution in [-0.2, 0) is 128 Å². The van der Waals surface area contributed by atoms with Gasteiger partial charge in [0, 0.05) is 115 Å². The van der Waals surface area contributed by atoms with E-state index in [1.807, 2.05) is 24.3 Å². The maximum Gasteiger partial charge on any atom is 0.326 e. The van der Waals surface area contributed by atoms with Gasteiger partial charge in [0.1, 0.15) is 84.0 Å². The first kappa shape index (κ1) is 100. The van der Waals surface area contributed by atoms with E-state index in [1.165, 1.54) is 74.9 Å². The first-order valence-corrected chi connectivity index (χ1v) is 44.5. The summed E-state index contributed by atoms with van der Waals surface area (Å²) in [5, 5.41) is 84.8. The summed E-state index contributed by atoms with van der Waals surface area (Å²) in [7, 11) is 0. The number of benzene rings is 7. The maximum atomic E-state index is 15.5. The number of phenols is 2. The summed E-state index contributed by atoms with van der Waals surface area (Å²) < 4.78 is 0. The largest absolute Gasteiger partial charge is 0.508 e. The number of imidazole rings is 1. The minimum Gasteiger partial charge on any atom is -0.508 e. The molecule has 14 atom stereocenters. The van der Waals surface area contributed by atoms with E-state index in [2.05, 4.69) is 88.7 Å². The Hall–Kier alpha value is -16.6. The second-order valence-corrected chi connectivity index (χ2v) is 33.8. The van der Waals surface area contributed by atoms with E-state index in [0.717, 1.165) is 21.4 Å². The van der Waals surface area contributed by atoms with Crippen LogP contribution in [0.2, 0.25) is 0 Å². The van der Waals surface area contributed by atoms with Crippen LogP contribution in [0.4, 0.5) is 0 Å². The molecule has 11 aromatic rings. The van der Waals surface area contributed by atoms with E-state index in [4.69, 9.17) is 11.5 Å². The SMILES string of the molecule is C[C@H](NC(=O)[C@@H](NC(=O)CNC(=O)[C@H](Cc1cnc[nH]1)NC(=O)[C@@H](N)Cc1c[nH]c2ccccc12)[C@@H](C)O)C(=O)N1CCC[C@@H]1C(=O)N[C@H](CC(=O)O)C(=O)N[C@@H](Cc1c[nH]c2ccccc12)C(=O)N[C@@H](Cc1ccccc1)C(=O)N[C@@H](Cc1ccccc1)C(=O)N[C@@H](CC(N)=O)C(=O)N[C@@H](Cc1ccc(O)cc1)C(=O)N[C@@H](Cc1ccc(O)cc1)C(=O)N[C@@H](Cc1c[nH]c2ccccc12)C(=O)O. The van der Waals surface area contributed by atoms with Crippen LogP contribution < -0.4 is 75.3 Å². The lowest BCUT2D eigenvalue weighted by Gasteiger charge is -2.30. The van der Waals surface area contributed by atoms with Crippen molar-refractivity contribution in [3.8, 4) is 11.5 Å². The molecule has 1 fully saturated rings. The molecule has 722 valence electrons. The summed E-state index contributed by atoms with van der Waals surface area (Å²) in [6.45, 7) is 1.54. The molecule has 0 unspecified atom stereocenters. The molecule has 0 bridgehead atoms. The molecule has 1 aliphatic heterocycles. The first-order valence-electron chi connectivity index (χ1n) is 44.5. The molecule has 1 saturated heterocycles. The highest BCUT2D eigenvalue weighted by Gasteiger charge is 2.42. The molecular weight excluding hydrogens is 1780 g/mol. The number of amides is 14. The van der Waals surface area contributed by atoms with Gasteiger partial charge in [-0.05, 0) is 115 Å². The summed E-state index contributed by atoms with van der Waals surface area (Å²) >= 11 is 0. The van der Waals surface area contributed by atoms with Crippen molar-refractivity contribution in [1.82, 2.24) is 93.6 Å². The van der Waals surface area contributed by atoms with Crippen LogP contribution in [0.1, 0.15) is 84.2 Å². The van der Waals surface area contributed by atoms with E-state index in [-0.39, 0.29) is 75.8 Å². The van der Waals surface area contributed by atoms with Crippen molar-refractivity contribution in [2.75, 3.05) is 13.1 Å². The Morgan fingerprint density at radius 1 is 0.413 bits per heavy atom. The van der Waals surface area contributed by atoms with Gasteiger partial charge in [-0.2, -0.15) is 0 Å². The monoisotopic (exact) mass is 1890 g/mol. The Labute approximate surface area is 788 Å². The number of para-hydroxylation sites is 3. The third-order valence-corrected chi connectivity index (χ3v) is 23.5. The second-order valence-electron chi connectivity index (χ2n) is 33.8. The van der Waals surface area contributed by atoms with Crippen molar-refractivity contribution in [1.29, 1.82) is 0 Å². The summed E-state index contributed by atoms with van der Waals surface area (Å²) in [6.07, 6.45) is 2.14. The smallest absolute Gasteiger partial charge is 0.326 e. The number of aromatic hydroxyl groups is 2. The van der Waals surface area contributed by atoms with Crippen LogP contribution in [0.15, 0.2) is 213 Å². The lowest BCUT2D eigenvalue weighted by atomic mass is 10.00. The minimum atomic E-state index is -2.00. The Kier molecular flexibility index (Phi) is 34.5. The molecule has 0 aliphatic carbocycles. The van der Waals surface area contributed by atoms with Crippen molar-refractivity contribution in [2.24, 2.45) is 11.5 Å². The van der Waals surface area contributed by atoms with E-state index in [0.29, 0.717) is 60.9 Å². The molecular formula is C97H108N20O21. The topological polar surface area (TPSA) is 650 Å².